The van der Waals surface area contributed by atoms with Gasteiger partial charge in [0.25, 0.3) is 0 Å². The zero-order chi connectivity index (χ0) is 10.5. The van der Waals surface area contributed by atoms with Crippen LogP contribution in [-0.2, 0) is 0 Å². The van der Waals surface area contributed by atoms with Crippen LogP contribution >= 0.6 is 0 Å². The lowest BCUT2D eigenvalue weighted by atomic mass is 9.81. The van der Waals surface area contributed by atoms with Crippen molar-refractivity contribution in [3.8, 4) is 0 Å². The van der Waals surface area contributed by atoms with Gasteiger partial charge < -0.3 is 0 Å². The summed E-state index contributed by atoms with van der Waals surface area (Å²) in [6, 6.07) is 0. The zero-order valence-electron chi connectivity index (χ0n) is 9.73. The van der Waals surface area contributed by atoms with Crippen LogP contribution in [-0.4, -0.2) is 29.1 Å². The molecule has 0 radical (unpaired) electrons. The van der Waals surface area contributed by atoms with Gasteiger partial charge in [0.2, 0.25) is 0 Å². The molecule has 0 amide bonds. The van der Waals surface area contributed by atoms with Gasteiger partial charge in [-0.2, -0.15) is 5.10 Å². The van der Waals surface area contributed by atoms with E-state index in [1.165, 1.54) is 56.4 Å². The van der Waals surface area contributed by atoms with Crippen LogP contribution in [0.1, 0.15) is 44.9 Å². The van der Waals surface area contributed by atoms with Crippen LogP contribution in [0, 0.1) is 11.8 Å². The first-order valence-electron chi connectivity index (χ1n) is 6.84. The van der Waals surface area contributed by atoms with E-state index < -0.39 is 0 Å². The van der Waals surface area contributed by atoms with Crippen LogP contribution in [0.15, 0.2) is 10.1 Å². The lowest BCUT2D eigenvalue weighted by Crippen LogP contribution is -2.33. The van der Waals surface area contributed by atoms with E-state index >= 15 is 0 Å². The van der Waals surface area contributed by atoms with Crippen LogP contribution in [0.2, 0.25) is 0 Å². The van der Waals surface area contributed by atoms with Gasteiger partial charge in [-0.15, -0.1) is 0 Å². The van der Waals surface area contributed by atoms with Crippen molar-refractivity contribution in [2.75, 3.05) is 6.54 Å². The highest BCUT2D eigenvalue weighted by Crippen LogP contribution is 2.41. The molecule has 4 aliphatic rings. The molecule has 3 unspecified atom stereocenters. The Labute approximate surface area is 96.6 Å². The van der Waals surface area contributed by atoms with E-state index in [9.17, 15) is 0 Å². The van der Waals surface area contributed by atoms with Gasteiger partial charge in [0, 0.05) is 12.5 Å². The maximum atomic E-state index is 5.00. The van der Waals surface area contributed by atoms with E-state index in [1.54, 1.807) is 0 Å². The molecule has 3 atom stereocenters. The van der Waals surface area contributed by atoms with Gasteiger partial charge >= 0.3 is 0 Å². The molecule has 16 heavy (non-hydrogen) atoms. The Morgan fingerprint density at radius 1 is 1.06 bits per heavy atom. The van der Waals surface area contributed by atoms with Crippen molar-refractivity contribution >= 4 is 11.4 Å². The molecule has 2 heterocycles. The van der Waals surface area contributed by atoms with Crippen molar-refractivity contribution in [1.82, 2.24) is 5.01 Å². The van der Waals surface area contributed by atoms with Gasteiger partial charge in [-0.25, -0.2) is 0 Å². The number of nitrogens with zero attached hydrogens (tertiary/aromatic N) is 3. The van der Waals surface area contributed by atoms with E-state index in [1.807, 2.05) is 0 Å². The number of hydrazone groups is 1. The Balaban J connectivity index is 1.70. The standard InChI is InChI=1S/C13H19N3/c1-2-5-10-9(4-1)8-11-13(10)14-12-6-3-7-16(12)15-11/h9-10,12H,1-8H2. The quantitative estimate of drug-likeness (QED) is 0.612. The molecule has 0 bridgehead atoms. The first kappa shape index (κ1) is 9.20. The van der Waals surface area contributed by atoms with Gasteiger partial charge in [-0.3, -0.25) is 10.0 Å². The number of aliphatic imine (C=N–C) groups is 1. The Hall–Kier alpha value is -0.860. The Morgan fingerprint density at radius 3 is 3.00 bits per heavy atom. The molecule has 0 spiro atoms. The van der Waals surface area contributed by atoms with Gasteiger partial charge in [0.15, 0.2) is 0 Å². The summed E-state index contributed by atoms with van der Waals surface area (Å²) in [5.41, 5.74) is 2.75. The van der Waals surface area contributed by atoms with Crippen LogP contribution in [0.25, 0.3) is 0 Å². The van der Waals surface area contributed by atoms with Crippen molar-refractivity contribution in [3.05, 3.63) is 0 Å². The summed E-state index contributed by atoms with van der Waals surface area (Å²) >= 11 is 0. The molecule has 0 aromatic rings. The first-order chi connectivity index (χ1) is 7.92. The number of hydrogen-bond donors (Lipinski definition) is 0. The maximum absolute atomic E-state index is 5.00. The molecule has 0 aromatic carbocycles. The highest BCUT2D eigenvalue weighted by atomic mass is 15.5. The fourth-order valence-corrected chi connectivity index (χ4v) is 3.94. The summed E-state index contributed by atoms with van der Waals surface area (Å²) in [4.78, 5) is 5.00. The maximum Gasteiger partial charge on any atom is 0.137 e. The molecule has 2 aliphatic heterocycles. The van der Waals surface area contributed by atoms with Gasteiger partial charge in [-0.1, -0.05) is 12.8 Å². The van der Waals surface area contributed by atoms with Crippen LogP contribution in [0.4, 0.5) is 0 Å². The van der Waals surface area contributed by atoms with Crippen molar-refractivity contribution in [3.63, 3.8) is 0 Å². The molecule has 1 saturated heterocycles. The average molecular weight is 217 g/mol. The smallest absolute Gasteiger partial charge is 0.137 e. The van der Waals surface area contributed by atoms with Crippen LogP contribution in [0.3, 0.4) is 0 Å². The van der Waals surface area contributed by atoms with E-state index in [4.69, 9.17) is 10.1 Å². The third-order valence-electron chi connectivity index (χ3n) is 4.74. The zero-order valence-corrected chi connectivity index (χ0v) is 9.73. The largest absolute Gasteiger partial charge is 0.272 e. The second-order valence-corrected chi connectivity index (χ2v) is 5.70. The van der Waals surface area contributed by atoms with Gasteiger partial charge in [0.1, 0.15) is 6.17 Å². The van der Waals surface area contributed by atoms with Gasteiger partial charge in [0.05, 0.1) is 11.4 Å². The molecule has 2 saturated carbocycles. The highest BCUT2D eigenvalue weighted by molar-refractivity contribution is 6.45. The Morgan fingerprint density at radius 2 is 2.00 bits per heavy atom. The molecule has 0 aromatic heterocycles. The van der Waals surface area contributed by atoms with E-state index in [2.05, 4.69) is 5.01 Å². The summed E-state index contributed by atoms with van der Waals surface area (Å²) in [6.07, 6.45) is 9.72. The number of fused-ring (bicyclic) bond motifs is 4. The van der Waals surface area contributed by atoms with Gasteiger partial charge in [-0.05, 0) is 38.0 Å². The lowest BCUT2D eigenvalue weighted by Gasteiger charge is -2.27. The second kappa shape index (κ2) is 3.31. The topological polar surface area (TPSA) is 28.0 Å². The first-order valence-corrected chi connectivity index (χ1v) is 6.84. The minimum Gasteiger partial charge on any atom is -0.272 e. The molecule has 2 aliphatic carbocycles. The summed E-state index contributed by atoms with van der Waals surface area (Å²) < 4.78 is 0. The minimum absolute atomic E-state index is 0.402. The summed E-state index contributed by atoms with van der Waals surface area (Å²) in [5, 5.41) is 7.08. The predicted molar refractivity (Wildman–Crippen MR) is 64.7 cm³/mol. The van der Waals surface area contributed by atoms with E-state index in [0.717, 1.165) is 18.4 Å². The number of hydrogen-bond acceptors (Lipinski definition) is 3. The molecular weight excluding hydrogens is 198 g/mol. The second-order valence-electron chi connectivity index (χ2n) is 5.70. The SMILES string of the molecule is C1CCC2C3=NC4CCCN4N=C3CC2C1. The monoisotopic (exact) mass is 217 g/mol. The summed E-state index contributed by atoms with van der Waals surface area (Å²) in [6.45, 7) is 1.13. The predicted octanol–water partition coefficient (Wildman–Crippen LogP) is 2.43. The van der Waals surface area contributed by atoms with Crippen LogP contribution < -0.4 is 0 Å². The van der Waals surface area contributed by atoms with Crippen molar-refractivity contribution in [2.45, 2.75) is 51.1 Å². The molecule has 3 fully saturated rings. The van der Waals surface area contributed by atoms with E-state index in [0.29, 0.717) is 6.17 Å². The van der Waals surface area contributed by atoms with Crippen molar-refractivity contribution in [1.29, 1.82) is 0 Å². The molecule has 4 rings (SSSR count). The highest BCUT2D eigenvalue weighted by Gasteiger charge is 2.42. The molecular formula is C13H19N3. The minimum atomic E-state index is 0.402. The summed E-state index contributed by atoms with van der Waals surface area (Å²) in [7, 11) is 0. The fraction of sp³-hybridized carbons (Fsp3) is 0.846. The van der Waals surface area contributed by atoms with Crippen LogP contribution in [0.5, 0.6) is 0 Å². The van der Waals surface area contributed by atoms with Crippen molar-refractivity contribution in [2.24, 2.45) is 21.9 Å². The normalized spacial score (nSPS) is 41.0. The molecule has 3 heteroatoms. The third-order valence-corrected chi connectivity index (χ3v) is 4.74. The van der Waals surface area contributed by atoms with Crippen molar-refractivity contribution < 1.29 is 0 Å². The molecule has 0 N–H and O–H groups in total. The summed E-state index contributed by atoms with van der Waals surface area (Å²) in [5.74, 6) is 1.65. The van der Waals surface area contributed by atoms with E-state index in [-0.39, 0.29) is 0 Å². The third kappa shape index (κ3) is 1.20. The fourth-order valence-electron chi connectivity index (χ4n) is 3.94. The average Bonchev–Trinajstić information content (AvgIpc) is 2.88. The Bertz CT molecular complexity index is 371. The number of rotatable bonds is 0. The Kier molecular flexibility index (Phi) is 1.91. The molecule has 86 valence electrons. The molecule has 3 nitrogen and oxygen atoms in total. The lowest BCUT2D eigenvalue weighted by molar-refractivity contribution is 0.270.